The van der Waals surface area contributed by atoms with Crippen molar-refractivity contribution >= 4 is 5.96 Å². The fraction of sp³-hybridized carbons (Fsp3) is 0.650. The third-order valence-corrected chi connectivity index (χ3v) is 5.05. The van der Waals surface area contributed by atoms with Crippen LogP contribution >= 0.6 is 0 Å². The second kappa shape index (κ2) is 9.80. The van der Waals surface area contributed by atoms with Crippen LogP contribution in [0.1, 0.15) is 13.8 Å². The van der Waals surface area contributed by atoms with E-state index in [0.717, 1.165) is 50.3 Å². The highest BCUT2D eigenvalue weighted by atomic mass is 16.6. The van der Waals surface area contributed by atoms with Crippen LogP contribution in [-0.2, 0) is 4.74 Å². The lowest BCUT2D eigenvalue weighted by Crippen LogP contribution is -2.53. The summed E-state index contributed by atoms with van der Waals surface area (Å²) < 4.78 is 17.2. The van der Waals surface area contributed by atoms with Crippen molar-refractivity contribution < 1.29 is 14.2 Å². The summed E-state index contributed by atoms with van der Waals surface area (Å²) >= 11 is 0. The average Bonchev–Trinajstić information content (AvgIpc) is 2.71. The Kier molecular flexibility index (Phi) is 7.18. The van der Waals surface area contributed by atoms with Crippen molar-refractivity contribution in [1.82, 2.24) is 15.5 Å². The maximum absolute atomic E-state index is 5.99. The number of morpholine rings is 1. The van der Waals surface area contributed by atoms with Crippen molar-refractivity contribution in [3.05, 3.63) is 24.3 Å². The molecule has 150 valence electrons. The number of nitrogens with one attached hydrogen (secondary N) is 2. The van der Waals surface area contributed by atoms with Crippen LogP contribution < -0.4 is 20.1 Å². The van der Waals surface area contributed by atoms with Gasteiger partial charge in [-0.05, 0) is 18.1 Å². The standard InChI is InChI=1S/C20H32N4O3/c1-15(2)17(24-8-10-25-11-9-24)13-23-20(21-3)22-12-16-14-26-18-6-4-5-7-19(18)27-16/h4-7,15-17H,8-14H2,1-3H3,(H2,21,22,23). The second-order valence-electron chi connectivity index (χ2n) is 7.29. The van der Waals surface area contributed by atoms with Gasteiger partial charge in [0.2, 0.25) is 0 Å². The fourth-order valence-electron chi connectivity index (χ4n) is 3.49. The summed E-state index contributed by atoms with van der Waals surface area (Å²) in [5.74, 6) is 2.95. The van der Waals surface area contributed by atoms with E-state index in [9.17, 15) is 0 Å². The van der Waals surface area contributed by atoms with Gasteiger partial charge in [0, 0.05) is 32.7 Å². The Balaban J connectivity index is 1.46. The van der Waals surface area contributed by atoms with Crippen LogP contribution in [0.2, 0.25) is 0 Å². The molecular weight excluding hydrogens is 344 g/mol. The molecule has 0 saturated carbocycles. The lowest BCUT2D eigenvalue weighted by atomic mass is 10.0. The van der Waals surface area contributed by atoms with E-state index in [-0.39, 0.29) is 6.10 Å². The zero-order valence-electron chi connectivity index (χ0n) is 16.6. The van der Waals surface area contributed by atoms with E-state index < -0.39 is 0 Å². The van der Waals surface area contributed by atoms with Crippen molar-refractivity contribution in [3.8, 4) is 11.5 Å². The summed E-state index contributed by atoms with van der Waals surface area (Å²) in [6.45, 7) is 10.2. The third kappa shape index (κ3) is 5.49. The Morgan fingerprint density at radius 1 is 1.19 bits per heavy atom. The van der Waals surface area contributed by atoms with E-state index >= 15 is 0 Å². The van der Waals surface area contributed by atoms with Crippen LogP contribution in [0.25, 0.3) is 0 Å². The summed E-state index contributed by atoms with van der Waals surface area (Å²) in [4.78, 5) is 6.85. The Morgan fingerprint density at radius 2 is 1.93 bits per heavy atom. The van der Waals surface area contributed by atoms with Gasteiger partial charge in [-0.25, -0.2) is 0 Å². The number of rotatable bonds is 6. The van der Waals surface area contributed by atoms with E-state index in [2.05, 4.69) is 34.4 Å². The molecule has 0 aliphatic carbocycles. The van der Waals surface area contributed by atoms with E-state index in [1.54, 1.807) is 7.05 Å². The minimum Gasteiger partial charge on any atom is -0.486 e. The SMILES string of the molecule is CN=C(NCC1COc2ccccc2O1)NCC(C(C)C)N1CCOCC1. The van der Waals surface area contributed by atoms with Crippen LogP contribution in [0.4, 0.5) is 0 Å². The molecule has 2 aliphatic rings. The molecule has 7 nitrogen and oxygen atoms in total. The fourth-order valence-corrected chi connectivity index (χ4v) is 3.49. The van der Waals surface area contributed by atoms with E-state index in [1.165, 1.54) is 0 Å². The van der Waals surface area contributed by atoms with Gasteiger partial charge >= 0.3 is 0 Å². The van der Waals surface area contributed by atoms with Gasteiger partial charge in [-0.3, -0.25) is 9.89 Å². The van der Waals surface area contributed by atoms with Crippen LogP contribution in [0.15, 0.2) is 29.3 Å². The molecule has 2 N–H and O–H groups in total. The lowest BCUT2D eigenvalue weighted by Gasteiger charge is -2.37. The van der Waals surface area contributed by atoms with Gasteiger partial charge in [0.05, 0.1) is 19.8 Å². The van der Waals surface area contributed by atoms with Crippen LogP contribution in [0.3, 0.4) is 0 Å². The number of hydrogen-bond acceptors (Lipinski definition) is 5. The first-order chi connectivity index (χ1) is 13.2. The minimum atomic E-state index is -0.0430. The Hall–Kier alpha value is -1.99. The van der Waals surface area contributed by atoms with Gasteiger partial charge in [-0.15, -0.1) is 0 Å². The summed E-state index contributed by atoms with van der Waals surface area (Å²) in [7, 11) is 1.79. The van der Waals surface area contributed by atoms with Crippen LogP contribution in [-0.4, -0.2) is 76.1 Å². The van der Waals surface area contributed by atoms with Crippen LogP contribution in [0, 0.1) is 5.92 Å². The van der Waals surface area contributed by atoms with Gasteiger partial charge < -0.3 is 24.8 Å². The van der Waals surface area contributed by atoms with Crippen molar-refractivity contribution in [1.29, 1.82) is 0 Å². The van der Waals surface area contributed by atoms with Crippen molar-refractivity contribution in [2.75, 3.05) is 53.0 Å². The molecule has 27 heavy (non-hydrogen) atoms. The molecule has 2 aliphatic heterocycles. The van der Waals surface area contributed by atoms with Crippen molar-refractivity contribution in [2.24, 2.45) is 10.9 Å². The number of nitrogens with zero attached hydrogens (tertiary/aromatic N) is 2. The molecule has 0 amide bonds. The minimum absolute atomic E-state index is 0.0430. The summed E-state index contributed by atoms with van der Waals surface area (Å²) in [5.41, 5.74) is 0. The molecule has 2 heterocycles. The summed E-state index contributed by atoms with van der Waals surface area (Å²) in [6.07, 6.45) is -0.0430. The molecule has 7 heteroatoms. The highest BCUT2D eigenvalue weighted by molar-refractivity contribution is 5.79. The molecule has 0 aromatic heterocycles. The second-order valence-corrected chi connectivity index (χ2v) is 7.29. The number of benzene rings is 1. The van der Waals surface area contributed by atoms with Gasteiger partial charge in [-0.1, -0.05) is 26.0 Å². The highest BCUT2D eigenvalue weighted by Crippen LogP contribution is 2.30. The van der Waals surface area contributed by atoms with Gasteiger partial charge in [0.1, 0.15) is 12.7 Å². The number of hydrogen-bond donors (Lipinski definition) is 2. The van der Waals surface area contributed by atoms with Gasteiger partial charge in [-0.2, -0.15) is 0 Å². The third-order valence-electron chi connectivity index (χ3n) is 5.05. The number of ether oxygens (including phenoxy) is 3. The maximum atomic E-state index is 5.99. The average molecular weight is 377 g/mol. The molecule has 3 rings (SSSR count). The van der Waals surface area contributed by atoms with E-state index in [0.29, 0.717) is 25.1 Å². The number of guanidine groups is 1. The number of fused-ring (bicyclic) bond motifs is 1. The molecular formula is C20H32N4O3. The first kappa shape index (κ1) is 19.8. The normalized spacial score (nSPS) is 21.8. The first-order valence-corrected chi connectivity index (χ1v) is 9.82. The Bertz CT molecular complexity index is 617. The molecule has 0 bridgehead atoms. The van der Waals surface area contributed by atoms with Gasteiger partial charge in [0.25, 0.3) is 0 Å². The predicted molar refractivity (Wildman–Crippen MR) is 107 cm³/mol. The van der Waals surface area contributed by atoms with E-state index in [4.69, 9.17) is 14.2 Å². The maximum Gasteiger partial charge on any atom is 0.191 e. The first-order valence-electron chi connectivity index (χ1n) is 9.82. The monoisotopic (exact) mass is 376 g/mol. The van der Waals surface area contributed by atoms with Gasteiger partial charge in [0.15, 0.2) is 17.5 Å². The molecule has 0 radical (unpaired) electrons. The quantitative estimate of drug-likeness (QED) is 0.577. The summed E-state index contributed by atoms with van der Waals surface area (Å²) in [5, 5.41) is 6.82. The molecule has 1 aromatic carbocycles. The Morgan fingerprint density at radius 3 is 2.63 bits per heavy atom. The topological polar surface area (TPSA) is 67.4 Å². The van der Waals surface area contributed by atoms with Crippen LogP contribution in [0.5, 0.6) is 11.5 Å². The smallest absolute Gasteiger partial charge is 0.191 e. The summed E-state index contributed by atoms with van der Waals surface area (Å²) in [6, 6.07) is 8.22. The number of para-hydroxylation sites is 2. The molecule has 1 fully saturated rings. The zero-order valence-corrected chi connectivity index (χ0v) is 16.6. The van der Waals surface area contributed by atoms with E-state index in [1.807, 2.05) is 24.3 Å². The Labute approximate surface area is 162 Å². The molecule has 1 aromatic rings. The largest absolute Gasteiger partial charge is 0.486 e. The van der Waals surface area contributed by atoms with Crippen molar-refractivity contribution in [3.63, 3.8) is 0 Å². The van der Waals surface area contributed by atoms with Crippen molar-refractivity contribution in [2.45, 2.75) is 26.0 Å². The number of aliphatic imine (C=N–C) groups is 1. The molecule has 0 spiro atoms. The molecule has 1 saturated heterocycles. The molecule has 2 unspecified atom stereocenters. The molecule has 2 atom stereocenters. The lowest BCUT2D eigenvalue weighted by molar-refractivity contribution is 0.00750. The zero-order chi connectivity index (χ0) is 19.1. The predicted octanol–water partition coefficient (Wildman–Crippen LogP) is 1.35. The highest BCUT2D eigenvalue weighted by Gasteiger charge is 2.24.